The number of anilines is 2. The Kier molecular flexibility index (Phi) is 7.12. The Morgan fingerprint density at radius 3 is 2.26 bits per heavy atom. The number of nitrogens with one attached hydrogen (secondary N) is 1. The first kappa shape index (κ1) is 24.0. The molecule has 8 heteroatoms. The van der Waals surface area contributed by atoms with Crippen molar-refractivity contribution in [3.8, 4) is 0 Å². The minimum atomic E-state index is -3.99. The van der Waals surface area contributed by atoms with Crippen molar-refractivity contribution in [3.05, 3.63) is 125 Å². The number of nitrogens with zero attached hydrogens (tertiary/aromatic N) is 2. The van der Waals surface area contributed by atoms with Gasteiger partial charge in [-0.1, -0.05) is 54.6 Å². The van der Waals surface area contributed by atoms with Crippen LogP contribution in [-0.4, -0.2) is 18.9 Å². The Labute approximate surface area is 204 Å². The molecule has 35 heavy (non-hydrogen) atoms. The molecule has 3 aromatic carbocycles. The van der Waals surface area contributed by atoms with Gasteiger partial charge in [0, 0.05) is 24.4 Å². The van der Waals surface area contributed by atoms with Gasteiger partial charge in [0.05, 0.1) is 22.8 Å². The summed E-state index contributed by atoms with van der Waals surface area (Å²) in [6.45, 7) is 2.43. The molecule has 1 amide bonds. The van der Waals surface area contributed by atoms with Gasteiger partial charge in [0.1, 0.15) is 0 Å². The van der Waals surface area contributed by atoms with E-state index in [1.165, 1.54) is 33.1 Å². The second-order valence-electron chi connectivity index (χ2n) is 7.86. The number of benzene rings is 3. The van der Waals surface area contributed by atoms with E-state index in [0.717, 1.165) is 5.56 Å². The monoisotopic (exact) mass is 487 g/mol. The van der Waals surface area contributed by atoms with E-state index in [9.17, 15) is 18.0 Å². The van der Waals surface area contributed by atoms with Crippen molar-refractivity contribution < 1.29 is 13.2 Å². The molecule has 1 heterocycles. The second-order valence-corrected chi connectivity index (χ2v) is 9.72. The first-order chi connectivity index (χ1) is 16.9. The molecular weight excluding hydrogens is 462 g/mol. The van der Waals surface area contributed by atoms with Crippen molar-refractivity contribution in [3.63, 3.8) is 0 Å². The standard InChI is InChI=1S/C27H25N3O4S/c1-2-29-20-23(16-17-26(29)31)28-27(32)22-12-9-15-25(18-22)35(33,34)30(24-13-7-4-8-14-24)19-21-10-5-3-6-11-21/h3-18,20H,2,19H2,1H3,(H,28,32). The molecule has 0 aliphatic heterocycles. The molecule has 0 aliphatic rings. The largest absolute Gasteiger partial charge is 0.321 e. The highest BCUT2D eigenvalue weighted by molar-refractivity contribution is 7.92. The van der Waals surface area contributed by atoms with Gasteiger partial charge in [0.2, 0.25) is 0 Å². The number of carbonyl (C=O) groups is 1. The number of sulfonamides is 1. The van der Waals surface area contributed by atoms with E-state index in [2.05, 4.69) is 5.32 Å². The number of pyridine rings is 1. The number of hydrogen-bond acceptors (Lipinski definition) is 4. The molecule has 0 bridgehead atoms. The number of hydrogen-bond donors (Lipinski definition) is 1. The molecule has 0 fully saturated rings. The summed E-state index contributed by atoms with van der Waals surface area (Å²) in [6, 6.07) is 27.0. The summed E-state index contributed by atoms with van der Waals surface area (Å²) in [5, 5.41) is 2.73. The lowest BCUT2D eigenvalue weighted by Crippen LogP contribution is -2.30. The molecule has 0 atom stereocenters. The maximum absolute atomic E-state index is 13.7. The van der Waals surface area contributed by atoms with Gasteiger partial charge in [-0.25, -0.2) is 8.42 Å². The Morgan fingerprint density at radius 1 is 0.886 bits per heavy atom. The minimum absolute atomic E-state index is 0.00321. The van der Waals surface area contributed by atoms with Gasteiger partial charge in [-0.2, -0.15) is 0 Å². The lowest BCUT2D eigenvalue weighted by atomic mass is 10.2. The Morgan fingerprint density at radius 2 is 1.57 bits per heavy atom. The van der Waals surface area contributed by atoms with Crippen LogP contribution in [0.15, 0.2) is 113 Å². The molecule has 0 aliphatic carbocycles. The summed E-state index contributed by atoms with van der Waals surface area (Å²) in [4.78, 5) is 24.7. The molecular formula is C27H25N3O4S. The maximum atomic E-state index is 13.7. The quantitative estimate of drug-likeness (QED) is 0.396. The van der Waals surface area contributed by atoms with Gasteiger partial charge in [-0.05, 0) is 48.9 Å². The fraction of sp³-hybridized carbons (Fsp3) is 0.111. The Balaban J connectivity index is 1.66. The maximum Gasteiger partial charge on any atom is 0.264 e. The third-order valence-electron chi connectivity index (χ3n) is 5.48. The average Bonchev–Trinajstić information content (AvgIpc) is 2.89. The van der Waals surface area contributed by atoms with E-state index in [1.54, 1.807) is 42.6 Å². The van der Waals surface area contributed by atoms with Gasteiger partial charge in [-0.3, -0.25) is 13.9 Å². The molecule has 7 nitrogen and oxygen atoms in total. The van der Waals surface area contributed by atoms with Gasteiger partial charge in [0.15, 0.2) is 0 Å². The van der Waals surface area contributed by atoms with Crippen LogP contribution in [0.2, 0.25) is 0 Å². The summed E-state index contributed by atoms with van der Waals surface area (Å²) in [6.07, 6.45) is 1.55. The van der Waals surface area contributed by atoms with Crippen molar-refractivity contribution in [1.29, 1.82) is 0 Å². The van der Waals surface area contributed by atoms with E-state index < -0.39 is 15.9 Å². The number of para-hydroxylation sites is 1. The molecule has 1 aromatic heterocycles. The third kappa shape index (κ3) is 5.50. The number of aromatic nitrogens is 1. The summed E-state index contributed by atoms with van der Waals surface area (Å²) in [5.41, 5.74) is 1.82. The second kappa shape index (κ2) is 10.4. The number of aryl methyl sites for hydroxylation is 1. The van der Waals surface area contributed by atoms with E-state index in [-0.39, 0.29) is 22.6 Å². The Bertz CT molecular complexity index is 1480. The predicted molar refractivity (Wildman–Crippen MR) is 137 cm³/mol. The van der Waals surface area contributed by atoms with Gasteiger partial charge in [-0.15, -0.1) is 0 Å². The molecule has 4 aromatic rings. The highest BCUT2D eigenvalue weighted by atomic mass is 32.2. The van der Waals surface area contributed by atoms with Crippen LogP contribution >= 0.6 is 0 Å². The molecule has 1 N–H and O–H groups in total. The highest BCUT2D eigenvalue weighted by Crippen LogP contribution is 2.26. The first-order valence-corrected chi connectivity index (χ1v) is 12.6. The SMILES string of the molecule is CCn1cc(NC(=O)c2cccc(S(=O)(=O)N(Cc3ccccc3)c3ccccc3)c2)ccc1=O. The fourth-order valence-electron chi connectivity index (χ4n) is 3.64. The van der Waals surface area contributed by atoms with E-state index in [4.69, 9.17) is 0 Å². The van der Waals surface area contributed by atoms with Crippen LogP contribution in [-0.2, 0) is 23.1 Å². The van der Waals surface area contributed by atoms with Crippen molar-refractivity contribution in [2.24, 2.45) is 0 Å². The zero-order valence-corrected chi connectivity index (χ0v) is 20.0. The topological polar surface area (TPSA) is 88.5 Å². The van der Waals surface area contributed by atoms with E-state index >= 15 is 0 Å². The van der Waals surface area contributed by atoms with Gasteiger partial charge < -0.3 is 9.88 Å². The van der Waals surface area contributed by atoms with Crippen LogP contribution in [0.3, 0.4) is 0 Å². The van der Waals surface area contributed by atoms with Crippen molar-refractivity contribution >= 4 is 27.3 Å². The molecule has 0 spiro atoms. The van der Waals surface area contributed by atoms with Gasteiger partial charge >= 0.3 is 0 Å². The number of rotatable bonds is 8. The zero-order valence-electron chi connectivity index (χ0n) is 19.2. The summed E-state index contributed by atoms with van der Waals surface area (Å²) in [5.74, 6) is -0.474. The van der Waals surface area contributed by atoms with E-state index in [0.29, 0.717) is 17.9 Å². The van der Waals surface area contributed by atoms with Crippen molar-refractivity contribution in [1.82, 2.24) is 4.57 Å². The first-order valence-electron chi connectivity index (χ1n) is 11.1. The zero-order chi connectivity index (χ0) is 24.8. The lowest BCUT2D eigenvalue weighted by Gasteiger charge is -2.25. The Hall–Kier alpha value is -4.17. The van der Waals surface area contributed by atoms with Crippen molar-refractivity contribution in [2.75, 3.05) is 9.62 Å². The molecule has 0 saturated carbocycles. The third-order valence-corrected chi connectivity index (χ3v) is 7.25. The van der Waals surface area contributed by atoms with Crippen LogP contribution in [0, 0.1) is 0 Å². The minimum Gasteiger partial charge on any atom is -0.321 e. The predicted octanol–water partition coefficient (Wildman–Crippen LogP) is 4.52. The highest BCUT2D eigenvalue weighted by Gasteiger charge is 2.26. The van der Waals surface area contributed by atoms with Crippen molar-refractivity contribution in [2.45, 2.75) is 24.9 Å². The molecule has 178 valence electrons. The summed E-state index contributed by atoms with van der Waals surface area (Å²) >= 11 is 0. The summed E-state index contributed by atoms with van der Waals surface area (Å²) in [7, 11) is -3.99. The summed E-state index contributed by atoms with van der Waals surface area (Å²) < 4.78 is 30.3. The van der Waals surface area contributed by atoms with E-state index in [1.807, 2.05) is 43.3 Å². The molecule has 4 rings (SSSR count). The van der Waals surface area contributed by atoms with Crippen LogP contribution in [0.25, 0.3) is 0 Å². The smallest absolute Gasteiger partial charge is 0.264 e. The van der Waals surface area contributed by atoms with Gasteiger partial charge in [0.25, 0.3) is 21.5 Å². The normalized spacial score (nSPS) is 11.1. The fourth-order valence-corrected chi connectivity index (χ4v) is 5.14. The average molecular weight is 488 g/mol. The number of carbonyl (C=O) groups excluding carboxylic acids is 1. The van der Waals surface area contributed by atoms with Crippen LogP contribution in [0.5, 0.6) is 0 Å². The number of amides is 1. The lowest BCUT2D eigenvalue weighted by molar-refractivity contribution is 0.102. The molecule has 0 radical (unpaired) electrons. The van der Waals surface area contributed by atoms with Crippen LogP contribution in [0.1, 0.15) is 22.8 Å². The van der Waals surface area contributed by atoms with Crippen LogP contribution in [0.4, 0.5) is 11.4 Å². The van der Waals surface area contributed by atoms with Crippen LogP contribution < -0.4 is 15.2 Å². The molecule has 0 saturated heterocycles. The molecule has 0 unspecified atom stereocenters.